The normalized spacial score (nSPS) is 28.8. The van der Waals surface area contributed by atoms with Gasteiger partial charge in [-0.1, -0.05) is 26.0 Å². The van der Waals surface area contributed by atoms with E-state index in [4.69, 9.17) is 4.74 Å². The number of hydrogen-bond donors (Lipinski definition) is 0. The number of benzene rings is 1. The molecule has 0 bridgehead atoms. The first-order valence-corrected chi connectivity index (χ1v) is 12.0. The van der Waals surface area contributed by atoms with Crippen LogP contribution in [0.1, 0.15) is 30.9 Å². The second kappa shape index (κ2) is 10.00. The Labute approximate surface area is 211 Å². The van der Waals surface area contributed by atoms with E-state index in [-0.39, 0.29) is 24.6 Å². The van der Waals surface area contributed by atoms with Gasteiger partial charge in [-0.15, -0.1) is 0 Å². The Balaban J connectivity index is 1.63. The monoisotopic (exact) mass is 525 g/mol. The van der Waals surface area contributed by atoms with Gasteiger partial charge in [0, 0.05) is 68.0 Å². The van der Waals surface area contributed by atoms with Crippen molar-refractivity contribution >= 4 is 11.9 Å². The van der Waals surface area contributed by atoms with Gasteiger partial charge in [0.2, 0.25) is 5.91 Å². The molecule has 6 nitrogen and oxygen atoms in total. The molecular weight excluding hydrogens is 497 g/mol. The zero-order valence-corrected chi connectivity index (χ0v) is 20.6. The van der Waals surface area contributed by atoms with Crippen LogP contribution in [-0.4, -0.2) is 66.1 Å². The van der Waals surface area contributed by atoms with Crippen LogP contribution in [0.4, 0.5) is 22.0 Å². The molecule has 1 unspecified atom stereocenters. The van der Waals surface area contributed by atoms with Crippen molar-refractivity contribution in [3.8, 4) is 0 Å². The summed E-state index contributed by atoms with van der Waals surface area (Å²) in [7, 11) is 1.80. The minimum atomic E-state index is -5.19. The Morgan fingerprint density at radius 2 is 1.73 bits per heavy atom. The molecule has 1 aromatic heterocycles. The average molecular weight is 526 g/mol. The zero-order valence-electron chi connectivity index (χ0n) is 20.6. The molecule has 4 rings (SSSR count). The fourth-order valence-electron chi connectivity index (χ4n) is 5.91. The number of pyridine rings is 1. The van der Waals surface area contributed by atoms with Gasteiger partial charge >= 0.3 is 12.1 Å². The molecule has 2 fully saturated rings. The summed E-state index contributed by atoms with van der Waals surface area (Å²) in [5.41, 5.74) is -1.11. The van der Waals surface area contributed by atoms with E-state index in [1.807, 2.05) is 4.90 Å². The first-order chi connectivity index (χ1) is 17.3. The molecule has 0 radical (unpaired) electrons. The lowest BCUT2D eigenvalue weighted by atomic mass is 9.70. The van der Waals surface area contributed by atoms with Gasteiger partial charge in [0.1, 0.15) is 17.2 Å². The molecule has 2 aromatic rings. The third kappa shape index (κ3) is 5.05. The van der Waals surface area contributed by atoms with Crippen molar-refractivity contribution in [1.29, 1.82) is 0 Å². The highest BCUT2D eigenvalue weighted by atomic mass is 19.4. The Hall–Kier alpha value is -3.08. The predicted octanol–water partition coefficient (Wildman–Crippen LogP) is 4.12. The van der Waals surface area contributed by atoms with Gasteiger partial charge in [0.15, 0.2) is 0 Å². The van der Waals surface area contributed by atoms with Crippen molar-refractivity contribution < 1.29 is 36.3 Å². The first-order valence-electron chi connectivity index (χ1n) is 12.0. The number of likely N-dealkylation sites (N-methyl/N-ethyl adjacent to an activating group) is 1. The lowest BCUT2D eigenvalue weighted by Crippen LogP contribution is -2.59. The number of aromatic nitrogens is 1. The Kier molecular flexibility index (Phi) is 7.29. The fraction of sp³-hybridized carbons (Fsp3) is 0.500. The molecule has 200 valence electrons. The Morgan fingerprint density at radius 1 is 1.05 bits per heavy atom. The van der Waals surface area contributed by atoms with E-state index in [1.165, 1.54) is 18.5 Å². The highest BCUT2D eigenvalue weighted by Crippen LogP contribution is 2.46. The maximum Gasteiger partial charge on any atom is 0.490 e. The Morgan fingerprint density at radius 3 is 2.30 bits per heavy atom. The lowest BCUT2D eigenvalue weighted by molar-refractivity contribution is -0.232. The summed E-state index contributed by atoms with van der Waals surface area (Å²) in [6.45, 7) is 4.02. The van der Waals surface area contributed by atoms with Gasteiger partial charge in [-0.25, -0.2) is 13.6 Å². The van der Waals surface area contributed by atoms with Crippen LogP contribution >= 0.6 is 0 Å². The van der Waals surface area contributed by atoms with Gasteiger partial charge in [-0.3, -0.25) is 9.78 Å². The van der Waals surface area contributed by atoms with Crippen molar-refractivity contribution in [2.24, 2.45) is 17.8 Å². The fourth-order valence-corrected chi connectivity index (χ4v) is 5.91. The molecule has 2 aliphatic heterocycles. The predicted molar refractivity (Wildman–Crippen MR) is 123 cm³/mol. The second-order valence-corrected chi connectivity index (χ2v) is 10.1. The molecule has 0 aliphatic carbocycles. The third-order valence-electron chi connectivity index (χ3n) is 7.55. The lowest BCUT2D eigenvalue weighted by Gasteiger charge is -2.50. The van der Waals surface area contributed by atoms with Gasteiger partial charge < -0.3 is 14.5 Å². The van der Waals surface area contributed by atoms with E-state index in [1.54, 1.807) is 37.9 Å². The van der Waals surface area contributed by atoms with Crippen LogP contribution in [0.5, 0.6) is 0 Å². The van der Waals surface area contributed by atoms with E-state index < -0.39 is 53.1 Å². The molecule has 3 heterocycles. The van der Waals surface area contributed by atoms with Gasteiger partial charge in [-0.05, 0) is 24.7 Å². The number of rotatable bonds is 4. The largest absolute Gasteiger partial charge is 0.490 e. The zero-order chi connectivity index (χ0) is 27.1. The summed E-state index contributed by atoms with van der Waals surface area (Å²) in [4.78, 5) is 33.2. The van der Waals surface area contributed by atoms with Gasteiger partial charge in [-0.2, -0.15) is 13.2 Å². The topological polar surface area (TPSA) is 62.7 Å². The molecule has 0 saturated carbocycles. The van der Waals surface area contributed by atoms with E-state index >= 15 is 0 Å². The average Bonchev–Trinajstić information content (AvgIpc) is 3.21. The van der Waals surface area contributed by atoms with Crippen LogP contribution < -0.4 is 0 Å². The Bertz CT molecular complexity index is 1150. The molecular formula is C26H28F5N3O3. The maximum atomic E-state index is 14.6. The van der Waals surface area contributed by atoms with Crippen LogP contribution in [0.3, 0.4) is 0 Å². The number of carbonyl (C=O) groups is 2. The summed E-state index contributed by atoms with van der Waals surface area (Å²) in [5, 5.41) is 0. The summed E-state index contributed by atoms with van der Waals surface area (Å²) >= 11 is 0. The van der Waals surface area contributed by atoms with Crippen LogP contribution in [0, 0.1) is 29.4 Å². The molecule has 0 N–H and O–H groups in total. The highest BCUT2D eigenvalue weighted by Gasteiger charge is 2.56. The molecule has 0 spiro atoms. The molecule has 2 saturated heterocycles. The summed E-state index contributed by atoms with van der Waals surface area (Å²) in [5.74, 6) is -6.60. The number of nitrogens with zero attached hydrogens (tertiary/aromatic N) is 3. The van der Waals surface area contributed by atoms with E-state index in [9.17, 15) is 31.5 Å². The van der Waals surface area contributed by atoms with Crippen molar-refractivity contribution in [2.75, 3.05) is 33.2 Å². The summed E-state index contributed by atoms with van der Waals surface area (Å²) < 4.78 is 73.0. The van der Waals surface area contributed by atoms with E-state index in [0.717, 1.165) is 12.1 Å². The van der Waals surface area contributed by atoms with Crippen molar-refractivity contribution in [1.82, 2.24) is 14.8 Å². The number of halogens is 5. The van der Waals surface area contributed by atoms with Crippen LogP contribution in [0.25, 0.3) is 0 Å². The number of ether oxygens (including phenoxy) is 1. The van der Waals surface area contributed by atoms with Crippen LogP contribution in [-0.2, 0) is 19.9 Å². The number of alkyl halides is 3. The van der Waals surface area contributed by atoms with Gasteiger partial charge in [0.05, 0.1) is 5.92 Å². The van der Waals surface area contributed by atoms with Crippen LogP contribution in [0.2, 0.25) is 0 Å². The third-order valence-corrected chi connectivity index (χ3v) is 7.55. The summed E-state index contributed by atoms with van der Waals surface area (Å²) in [6.07, 6.45) is -2.36. The molecule has 2 aliphatic rings. The summed E-state index contributed by atoms with van der Waals surface area (Å²) in [6, 6.07) is 6.39. The maximum absolute atomic E-state index is 14.6. The molecule has 11 heteroatoms. The minimum absolute atomic E-state index is 0.0159. The van der Waals surface area contributed by atoms with Crippen molar-refractivity contribution in [3.05, 3.63) is 65.5 Å². The smallest absolute Gasteiger partial charge is 0.447 e. The standard InChI is InChI=1S/C26H28F5N3O3/c1-15-11-34(23(35)21-14-33(3)13-20(21)19-7-6-18(27)9-22(19)28)12-16(2)25(15,17-5-4-8-32-10-17)37-24(36)26(29,30)31/h4-10,15-16,20-21H,11-14H2,1-3H3/t15-,16+,20-,21+,25?/m0/s1. The number of hydrogen-bond acceptors (Lipinski definition) is 5. The van der Waals surface area contributed by atoms with E-state index in [0.29, 0.717) is 18.7 Å². The number of esters is 1. The number of likely N-dealkylation sites (tertiary alicyclic amines) is 2. The first kappa shape index (κ1) is 27.0. The molecule has 37 heavy (non-hydrogen) atoms. The molecule has 1 amide bonds. The van der Waals surface area contributed by atoms with Gasteiger partial charge in [0.25, 0.3) is 0 Å². The molecule has 1 aromatic carbocycles. The van der Waals surface area contributed by atoms with Crippen molar-refractivity contribution in [3.63, 3.8) is 0 Å². The minimum Gasteiger partial charge on any atom is -0.447 e. The van der Waals surface area contributed by atoms with Crippen LogP contribution in [0.15, 0.2) is 42.7 Å². The SMILES string of the molecule is C[C@@H]1CN(C(=O)[C@@H]2CN(C)C[C@H]2c2ccc(F)cc2F)C[C@H](C)C1(OC(=O)C(F)(F)F)c1cccnc1. The van der Waals surface area contributed by atoms with Crippen molar-refractivity contribution in [2.45, 2.75) is 31.5 Å². The quantitative estimate of drug-likeness (QED) is 0.444. The number of piperidine rings is 1. The second-order valence-electron chi connectivity index (χ2n) is 10.1. The highest BCUT2D eigenvalue weighted by molar-refractivity contribution is 5.81. The number of carbonyl (C=O) groups excluding carboxylic acids is 2. The number of amides is 1. The molecule has 5 atom stereocenters. The van der Waals surface area contributed by atoms with E-state index in [2.05, 4.69) is 4.98 Å².